The summed E-state index contributed by atoms with van der Waals surface area (Å²) in [6.45, 7) is 5.50. The van der Waals surface area contributed by atoms with Crippen LogP contribution in [0.25, 0.3) is 0 Å². The van der Waals surface area contributed by atoms with Crippen LogP contribution in [0.5, 0.6) is 0 Å². The lowest BCUT2D eigenvalue weighted by molar-refractivity contribution is -0.128. The number of rotatable bonds is 5. The number of nitrogens with one attached hydrogen (secondary N) is 1. The number of likely N-dealkylation sites (N-methyl/N-ethyl adjacent to an activating group) is 1. The number of hydrogen-bond acceptors (Lipinski definition) is 2. The number of anilines is 1. The van der Waals surface area contributed by atoms with Gasteiger partial charge in [-0.25, -0.2) is 0 Å². The highest BCUT2D eigenvalue weighted by molar-refractivity contribution is 6.39. The minimum atomic E-state index is 0.0333. The molecule has 17 heavy (non-hydrogen) atoms. The molecule has 94 valence electrons. The molecule has 0 aliphatic heterocycles. The van der Waals surface area contributed by atoms with Crippen LogP contribution in [0.1, 0.15) is 13.8 Å². The van der Waals surface area contributed by atoms with Crippen LogP contribution in [0.4, 0.5) is 5.69 Å². The first kappa shape index (κ1) is 14.1. The summed E-state index contributed by atoms with van der Waals surface area (Å²) in [6, 6.07) is 5.23. The molecule has 0 radical (unpaired) electrons. The summed E-state index contributed by atoms with van der Waals surface area (Å²) in [5, 5.41) is 4.01. The molecule has 1 rings (SSSR count). The van der Waals surface area contributed by atoms with Crippen LogP contribution >= 0.6 is 23.2 Å². The van der Waals surface area contributed by atoms with Crippen molar-refractivity contribution in [1.82, 2.24) is 4.90 Å². The van der Waals surface area contributed by atoms with Crippen LogP contribution in [0.3, 0.4) is 0 Å². The van der Waals surface area contributed by atoms with Gasteiger partial charge in [0.15, 0.2) is 0 Å². The number of benzene rings is 1. The Morgan fingerprint density at radius 3 is 2.24 bits per heavy atom. The summed E-state index contributed by atoms with van der Waals surface area (Å²) in [5.41, 5.74) is 0.608. The van der Waals surface area contributed by atoms with E-state index in [0.29, 0.717) is 28.8 Å². The first-order valence-electron chi connectivity index (χ1n) is 5.55. The van der Waals surface area contributed by atoms with Crippen LogP contribution < -0.4 is 5.32 Å². The number of carbonyl (C=O) groups is 1. The Hall–Kier alpha value is -0.930. The molecule has 1 aromatic rings. The largest absolute Gasteiger partial charge is 0.374 e. The lowest BCUT2D eigenvalue weighted by Gasteiger charge is -2.19. The molecule has 1 N–H and O–H groups in total. The molecule has 0 aliphatic rings. The third-order valence-electron chi connectivity index (χ3n) is 2.50. The zero-order valence-electron chi connectivity index (χ0n) is 9.96. The molecular formula is C12H16Cl2N2O. The maximum atomic E-state index is 11.8. The van der Waals surface area contributed by atoms with Crippen LogP contribution in [0.15, 0.2) is 18.2 Å². The van der Waals surface area contributed by atoms with Crippen molar-refractivity contribution in [2.45, 2.75) is 13.8 Å². The van der Waals surface area contributed by atoms with Gasteiger partial charge in [-0.15, -0.1) is 0 Å². The average Bonchev–Trinajstić information content (AvgIpc) is 2.30. The zero-order valence-corrected chi connectivity index (χ0v) is 11.5. The highest BCUT2D eigenvalue weighted by atomic mass is 35.5. The van der Waals surface area contributed by atoms with Crippen LogP contribution in [0, 0.1) is 0 Å². The fraction of sp³-hybridized carbons (Fsp3) is 0.417. The Balaban J connectivity index is 2.64. The van der Waals surface area contributed by atoms with Crippen molar-refractivity contribution in [2.75, 3.05) is 25.0 Å². The van der Waals surface area contributed by atoms with Crippen molar-refractivity contribution in [2.24, 2.45) is 0 Å². The summed E-state index contributed by atoms with van der Waals surface area (Å²) in [5.74, 6) is 0.0333. The van der Waals surface area contributed by atoms with Gasteiger partial charge in [0.1, 0.15) is 0 Å². The number of carbonyl (C=O) groups excluding carboxylic acids is 1. The van der Waals surface area contributed by atoms with Gasteiger partial charge in [0.05, 0.1) is 22.3 Å². The molecule has 3 nitrogen and oxygen atoms in total. The van der Waals surface area contributed by atoms with Crippen molar-refractivity contribution in [3.63, 3.8) is 0 Å². The summed E-state index contributed by atoms with van der Waals surface area (Å²) >= 11 is 12.0. The average molecular weight is 275 g/mol. The predicted octanol–water partition coefficient (Wildman–Crippen LogP) is 3.27. The number of halogens is 2. The molecule has 1 aromatic carbocycles. The van der Waals surface area contributed by atoms with Crippen LogP contribution in [0.2, 0.25) is 10.0 Å². The van der Waals surface area contributed by atoms with Gasteiger partial charge >= 0.3 is 0 Å². The zero-order chi connectivity index (χ0) is 12.8. The van der Waals surface area contributed by atoms with Gasteiger partial charge < -0.3 is 10.2 Å². The summed E-state index contributed by atoms with van der Waals surface area (Å²) in [4.78, 5) is 13.5. The van der Waals surface area contributed by atoms with Crippen molar-refractivity contribution >= 4 is 34.8 Å². The minimum absolute atomic E-state index is 0.0333. The van der Waals surface area contributed by atoms with Crippen molar-refractivity contribution in [1.29, 1.82) is 0 Å². The van der Waals surface area contributed by atoms with Gasteiger partial charge in [-0.05, 0) is 26.0 Å². The Morgan fingerprint density at radius 1 is 1.24 bits per heavy atom. The number of nitrogens with zero attached hydrogens (tertiary/aromatic N) is 1. The molecule has 0 saturated heterocycles. The highest BCUT2D eigenvalue weighted by Gasteiger charge is 2.11. The third kappa shape index (κ3) is 3.79. The van der Waals surface area contributed by atoms with E-state index in [0.717, 1.165) is 0 Å². The third-order valence-corrected chi connectivity index (χ3v) is 3.13. The van der Waals surface area contributed by atoms with Crippen molar-refractivity contribution < 1.29 is 4.79 Å². The van der Waals surface area contributed by atoms with E-state index in [4.69, 9.17) is 23.2 Å². The van der Waals surface area contributed by atoms with Crippen molar-refractivity contribution in [3.8, 4) is 0 Å². The lowest BCUT2D eigenvalue weighted by atomic mass is 10.3. The molecule has 1 amide bonds. The fourth-order valence-electron chi connectivity index (χ4n) is 1.52. The Morgan fingerprint density at radius 2 is 1.76 bits per heavy atom. The predicted molar refractivity (Wildman–Crippen MR) is 72.9 cm³/mol. The van der Waals surface area contributed by atoms with Gasteiger partial charge in [-0.1, -0.05) is 29.3 Å². The van der Waals surface area contributed by atoms with Gasteiger partial charge in [0, 0.05) is 13.1 Å². The first-order chi connectivity index (χ1) is 8.10. The first-order valence-corrected chi connectivity index (χ1v) is 6.31. The molecule has 0 unspecified atom stereocenters. The monoisotopic (exact) mass is 274 g/mol. The summed E-state index contributed by atoms with van der Waals surface area (Å²) < 4.78 is 0. The van der Waals surface area contributed by atoms with Gasteiger partial charge in [-0.2, -0.15) is 0 Å². The van der Waals surface area contributed by atoms with E-state index in [1.807, 2.05) is 13.8 Å². The van der Waals surface area contributed by atoms with E-state index in [1.165, 1.54) is 0 Å². The maximum Gasteiger partial charge on any atom is 0.241 e. The molecule has 5 heteroatoms. The molecule has 0 heterocycles. The molecule has 0 fully saturated rings. The minimum Gasteiger partial charge on any atom is -0.374 e. The number of para-hydroxylation sites is 1. The number of amides is 1. The maximum absolute atomic E-state index is 11.8. The standard InChI is InChI=1S/C12H16Cl2N2O/c1-3-16(4-2)11(17)8-15-12-9(13)6-5-7-10(12)14/h5-7,15H,3-4,8H2,1-2H3. The second kappa shape index (κ2) is 6.72. The van der Waals surface area contributed by atoms with E-state index in [1.54, 1.807) is 23.1 Å². The molecule has 0 bridgehead atoms. The molecule has 0 atom stereocenters. The molecule has 0 saturated carbocycles. The normalized spacial score (nSPS) is 10.1. The Labute approximate surface area is 112 Å². The van der Waals surface area contributed by atoms with Gasteiger partial charge in [0.25, 0.3) is 0 Å². The fourth-order valence-corrected chi connectivity index (χ4v) is 2.05. The highest BCUT2D eigenvalue weighted by Crippen LogP contribution is 2.29. The van der Waals surface area contributed by atoms with Gasteiger partial charge in [0.2, 0.25) is 5.91 Å². The van der Waals surface area contributed by atoms with Crippen LogP contribution in [-0.2, 0) is 4.79 Å². The van der Waals surface area contributed by atoms with Crippen molar-refractivity contribution in [3.05, 3.63) is 28.2 Å². The number of hydrogen-bond donors (Lipinski definition) is 1. The Bertz CT molecular complexity index is 372. The van der Waals surface area contributed by atoms with Gasteiger partial charge in [-0.3, -0.25) is 4.79 Å². The topological polar surface area (TPSA) is 32.3 Å². The van der Waals surface area contributed by atoms with Crippen LogP contribution in [-0.4, -0.2) is 30.4 Å². The lowest BCUT2D eigenvalue weighted by Crippen LogP contribution is -2.35. The second-order valence-electron chi connectivity index (χ2n) is 3.52. The molecular weight excluding hydrogens is 259 g/mol. The van der Waals surface area contributed by atoms with E-state index in [2.05, 4.69) is 5.32 Å². The van der Waals surface area contributed by atoms with E-state index in [-0.39, 0.29) is 12.5 Å². The summed E-state index contributed by atoms with van der Waals surface area (Å²) in [6.07, 6.45) is 0. The SMILES string of the molecule is CCN(CC)C(=O)CNc1c(Cl)cccc1Cl. The smallest absolute Gasteiger partial charge is 0.241 e. The molecule has 0 spiro atoms. The Kier molecular flexibility index (Phi) is 5.59. The van der Waals surface area contributed by atoms with E-state index >= 15 is 0 Å². The quantitative estimate of drug-likeness (QED) is 0.894. The van der Waals surface area contributed by atoms with E-state index < -0.39 is 0 Å². The molecule has 0 aromatic heterocycles. The summed E-state index contributed by atoms with van der Waals surface area (Å²) in [7, 11) is 0. The second-order valence-corrected chi connectivity index (χ2v) is 4.33. The molecule has 0 aliphatic carbocycles. The van der Waals surface area contributed by atoms with E-state index in [9.17, 15) is 4.79 Å².